The molecule has 3 nitrogen and oxygen atoms in total. The van der Waals surface area contributed by atoms with Crippen LogP contribution in [0.15, 0.2) is 48.8 Å². The summed E-state index contributed by atoms with van der Waals surface area (Å²) < 4.78 is 0. The number of ketones is 1. The molecule has 0 fully saturated rings. The minimum Gasteiger partial charge on any atom is -0.352 e. The van der Waals surface area contributed by atoms with Crippen molar-refractivity contribution >= 4 is 16.7 Å². The molecule has 0 radical (unpaired) electrons. The summed E-state index contributed by atoms with van der Waals surface area (Å²) in [6.07, 6.45) is 7.41. The molecular formula is C19H20N2O. The number of pyridine rings is 1. The van der Waals surface area contributed by atoms with E-state index >= 15 is 0 Å². The van der Waals surface area contributed by atoms with Crippen LogP contribution in [0.2, 0.25) is 0 Å². The van der Waals surface area contributed by atoms with Gasteiger partial charge in [-0.25, -0.2) is 0 Å². The van der Waals surface area contributed by atoms with E-state index in [0.717, 1.165) is 47.0 Å². The molecule has 112 valence electrons. The third-order valence-electron chi connectivity index (χ3n) is 3.94. The number of hydrogen-bond acceptors (Lipinski definition) is 2. The lowest BCUT2D eigenvalue weighted by molar-refractivity contribution is 0.0975. The molecule has 0 aliphatic carbocycles. The fraction of sp³-hybridized carbons (Fsp3) is 0.263. The molecule has 0 saturated carbocycles. The predicted molar refractivity (Wildman–Crippen MR) is 90.0 cm³/mol. The quantitative estimate of drug-likeness (QED) is 0.513. The lowest BCUT2D eigenvalue weighted by Crippen LogP contribution is -1.98. The maximum Gasteiger partial charge on any atom is 0.179 e. The molecule has 2 heterocycles. The largest absolute Gasteiger partial charge is 0.352 e. The van der Waals surface area contributed by atoms with Crippen LogP contribution < -0.4 is 0 Å². The Balaban J connectivity index is 1.86. The van der Waals surface area contributed by atoms with Gasteiger partial charge in [0.15, 0.2) is 5.78 Å². The fourth-order valence-corrected chi connectivity index (χ4v) is 2.68. The summed E-state index contributed by atoms with van der Waals surface area (Å²) in [5.74, 6) is 0.204. The van der Waals surface area contributed by atoms with Gasteiger partial charge >= 0.3 is 0 Å². The van der Waals surface area contributed by atoms with Crippen molar-refractivity contribution in [1.29, 1.82) is 0 Å². The summed E-state index contributed by atoms with van der Waals surface area (Å²) in [6.45, 7) is 2.15. The number of carbonyl (C=O) groups excluding carboxylic acids is 1. The van der Waals surface area contributed by atoms with E-state index in [4.69, 9.17) is 0 Å². The number of nitrogens with zero attached hydrogens (tertiary/aromatic N) is 1. The molecule has 0 atom stereocenters. The van der Waals surface area contributed by atoms with Gasteiger partial charge in [-0.1, -0.05) is 25.8 Å². The van der Waals surface area contributed by atoms with E-state index in [9.17, 15) is 4.79 Å². The van der Waals surface area contributed by atoms with Crippen LogP contribution in [0, 0.1) is 0 Å². The Bertz CT molecular complexity index is 774. The van der Waals surface area contributed by atoms with Gasteiger partial charge in [-0.15, -0.1) is 0 Å². The Morgan fingerprint density at radius 1 is 1.05 bits per heavy atom. The van der Waals surface area contributed by atoms with Crippen LogP contribution in [0.5, 0.6) is 0 Å². The summed E-state index contributed by atoms with van der Waals surface area (Å²) in [6, 6.07) is 12.2. The summed E-state index contributed by atoms with van der Waals surface area (Å²) in [7, 11) is 0. The van der Waals surface area contributed by atoms with Gasteiger partial charge < -0.3 is 4.98 Å². The van der Waals surface area contributed by atoms with Gasteiger partial charge in [-0.2, -0.15) is 0 Å². The Morgan fingerprint density at radius 3 is 2.64 bits per heavy atom. The van der Waals surface area contributed by atoms with Crippen molar-refractivity contribution in [2.75, 3.05) is 0 Å². The van der Waals surface area contributed by atoms with Crippen molar-refractivity contribution in [2.24, 2.45) is 0 Å². The summed E-state index contributed by atoms with van der Waals surface area (Å²) in [5, 5.41) is 1.08. The third kappa shape index (κ3) is 3.08. The standard InChI is InChI=1S/C19H20N2O/c1-2-3-4-5-19(22)18-13-16-12-15(6-7-17(16)21-18)14-8-10-20-11-9-14/h6-13,21H,2-5H2,1H3. The average molecular weight is 292 g/mol. The highest BCUT2D eigenvalue weighted by Gasteiger charge is 2.10. The van der Waals surface area contributed by atoms with Gasteiger partial charge in [0.05, 0.1) is 5.69 Å². The minimum absolute atomic E-state index is 0.204. The molecule has 0 spiro atoms. The number of hydrogen-bond donors (Lipinski definition) is 1. The highest BCUT2D eigenvalue weighted by Crippen LogP contribution is 2.25. The fourth-order valence-electron chi connectivity index (χ4n) is 2.68. The van der Waals surface area contributed by atoms with Gasteiger partial charge in [-0.05, 0) is 47.9 Å². The molecule has 0 amide bonds. The highest BCUT2D eigenvalue weighted by molar-refractivity contribution is 6.00. The second-order valence-electron chi connectivity index (χ2n) is 5.60. The molecule has 2 aromatic heterocycles. The molecule has 0 aliphatic heterocycles. The second kappa shape index (κ2) is 6.56. The van der Waals surface area contributed by atoms with Gasteiger partial charge in [-0.3, -0.25) is 9.78 Å². The molecule has 3 aromatic rings. The Morgan fingerprint density at radius 2 is 1.86 bits per heavy atom. The predicted octanol–water partition coefficient (Wildman–Crippen LogP) is 4.99. The van der Waals surface area contributed by atoms with E-state index in [1.807, 2.05) is 24.3 Å². The van der Waals surface area contributed by atoms with Crippen LogP contribution in [0.3, 0.4) is 0 Å². The zero-order valence-electron chi connectivity index (χ0n) is 12.8. The van der Waals surface area contributed by atoms with Crippen molar-refractivity contribution in [3.63, 3.8) is 0 Å². The number of H-pyrrole nitrogens is 1. The van der Waals surface area contributed by atoms with E-state index in [-0.39, 0.29) is 5.78 Å². The van der Waals surface area contributed by atoms with Crippen molar-refractivity contribution in [2.45, 2.75) is 32.6 Å². The lowest BCUT2D eigenvalue weighted by atomic mass is 10.1. The van der Waals surface area contributed by atoms with E-state index < -0.39 is 0 Å². The molecule has 0 saturated heterocycles. The van der Waals surface area contributed by atoms with Crippen molar-refractivity contribution in [3.05, 3.63) is 54.5 Å². The number of rotatable bonds is 6. The normalized spacial score (nSPS) is 11.0. The van der Waals surface area contributed by atoms with Crippen molar-refractivity contribution in [3.8, 4) is 11.1 Å². The Hall–Kier alpha value is -2.42. The minimum atomic E-state index is 0.204. The Labute approximate surface area is 130 Å². The maximum absolute atomic E-state index is 12.2. The first-order chi connectivity index (χ1) is 10.8. The molecule has 3 heteroatoms. The first kappa shape index (κ1) is 14.5. The second-order valence-corrected chi connectivity index (χ2v) is 5.60. The summed E-state index contributed by atoms with van der Waals surface area (Å²) in [5.41, 5.74) is 4.00. The zero-order valence-corrected chi connectivity index (χ0v) is 12.8. The van der Waals surface area contributed by atoms with Crippen LogP contribution in [-0.2, 0) is 0 Å². The van der Waals surface area contributed by atoms with Crippen LogP contribution in [-0.4, -0.2) is 15.8 Å². The van der Waals surface area contributed by atoms with Crippen LogP contribution >= 0.6 is 0 Å². The van der Waals surface area contributed by atoms with Crippen LogP contribution in [0.25, 0.3) is 22.0 Å². The van der Waals surface area contributed by atoms with E-state index in [0.29, 0.717) is 6.42 Å². The number of fused-ring (bicyclic) bond motifs is 1. The summed E-state index contributed by atoms with van der Waals surface area (Å²) >= 11 is 0. The number of nitrogens with one attached hydrogen (secondary N) is 1. The third-order valence-corrected chi connectivity index (χ3v) is 3.94. The number of Topliss-reactive ketones (excluding diaryl/α,β-unsaturated/α-hetero) is 1. The topological polar surface area (TPSA) is 45.8 Å². The molecule has 1 aromatic carbocycles. The van der Waals surface area contributed by atoms with E-state index in [2.05, 4.69) is 29.0 Å². The summed E-state index contributed by atoms with van der Waals surface area (Å²) in [4.78, 5) is 19.5. The lowest BCUT2D eigenvalue weighted by Gasteiger charge is -2.00. The molecular weight excluding hydrogens is 272 g/mol. The first-order valence-corrected chi connectivity index (χ1v) is 7.84. The van der Waals surface area contributed by atoms with Gasteiger partial charge in [0.25, 0.3) is 0 Å². The van der Waals surface area contributed by atoms with Gasteiger partial charge in [0.1, 0.15) is 0 Å². The van der Waals surface area contributed by atoms with Crippen molar-refractivity contribution < 1.29 is 4.79 Å². The number of aromatic nitrogens is 2. The molecule has 0 aliphatic rings. The number of aromatic amines is 1. The van der Waals surface area contributed by atoms with E-state index in [1.165, 1.54) is 0 Å². The van der Waals surface area contributed by atoms with Gasteiger partial charge in [0.2, 0.25) is 0 Å². The monoisotopic (exact) mass is 292 g/mol. The Kier molecular flexibility index (Phi) is 4.33. The number of benzene rings is 1. The van der Waals surface area contributed by atoms with Crippen molar-refractivity contribution in [1.82, 2.24) is 9.97 Å². The van der Waals surface area contributed by atoms with Gasteiger partial charge in [0, 0.05) is 29.7 Å². The van der Waals surface area contributed by atoms with Crippen LogP contribution in [0.4, 0.5) is 0 Å². The highest BCUT2D eigenvalue weighted by atomic mass is 16.1. The maximum atomic E-state index is 12.2. The van der Waals surface area contributed by atoms with Crippen LogP contribution in [0.1, 0.15) is 43.1 Å². The first-order valence-electron chi connectivity index (χ1n) is 7.84. The average Bonchev–Trinajstić information content (AvgIpc) is 2.99. The molecule has 22 heavy (non-hydrogen) atoms. The molecule has 0 unspecified atom stereocenters. The molecule has 3 rings (SSSR count). The van der Waals surface area contributed by atoms with E-state index in [1.54, 1.807) is 12.4 Å². The SMILES string of the molecule is CCCCCC(=O)c1cc2cc(-c3ccncc3)ccc2[nH]1. The smallest absolute Gasteiger partial charge is 0.179 e. The number of carbonyl (C=O) groups is 1. The zero-order chi connectivity index (χ0) is 15.4. The molecule has 0 bridgehead atoms. The molecule has 1 N–H and O–H groups in total. The number of unbranched alkanes of at least 4 members (excludes halogenated alkanes) is 2.